The van der Waals surface area contributed by atoms with Crippen LogP contribution in [0, 0.1) is 6.92 Å². The van der Waals surface area contributed by atoms with Gasteiger partial charge in [-0.25, -0.2) is 8.42 Å². The minimum atomic E-state index is -3.38. The standard InChI is InChI=1S/C18H19N3O3S2/c1-13-4-6-14(7-5-13)17-19-18(24-20-17)15-8-10-21(11-9-15)26(22,23)16-3-2-12-25-16/h2-7,12,15H,8-11H2,1H3. The van der Waals surface area contributed by atoms with Crippen LogP contribution in [0.5, 0.6) is 0 Å². The summed E-state index contributed by atoms with van der Waals surface area (Å²) in [6.45, 7) is 2.96. The monoisotopic (exact) mass is 389 g/mol. The lowest BCUT2D eigenvalue weighted by Gasteiger charge is -2.29. The second-order valence-electron chi connectivity index (χ2n) is 6.43. The molecule has 0 spiro atoms. The van der Waals surface area contributed by atoms with E-state index in [2.05, 4.69) is 10.1 Å². The van der Waals surface area contributed by atoms with Crippen LogP contribution in [-0.4, -0.2) is 36.0 Å². The molecule has 0 atom stereocenters. The first-order valence-electron chi connectivity index (χ1n) is 8.48. The van der Waals surface area contributed by atoms with Gasteiger partial charge < -0.3 is 4.52 Å². The summed E-state index contributed by atoms with van der Waals surface area (Å²) in [4.78, 5) is 4.53. The molecule has 136 valence electrons. The van der Waals surface area contributed by atoms with Crippen molar-refractivity contribution in [3.63, 3.8) is 0 Å². The van der Waals surface area contributed by atoms with Crippen molar-refractivity contribution in [2.75, 3.05) is 13.1 Å². The quantitative estimate of drug-likeness (QED) is 0.680. The lowest BCUT2D eigenvalue weighted by Crippen LogP contribution is -2.37. The Balaban J connectivity index is 1.45. The van der Waals surface area contributed by atoms with Gasteiger partial charge in [-0.1, -0.05) is 41.1 Å². The maximum atomic E-state index is 12.6. The molecule has 1 saturated heterocycles. The van der Waals surface area contributed by atoms with Gasteiger partial charge in [-0.05, 0) is 31.2 Å². The zero-order valence-corrected chi connectivity index (χ0v) is 16.0. The van der Waals surface area contributed by atoms with E-state index in [1.807, 2.05) is 31.2 Å². The molecule has 0 radical (unpaired) electrons. The predicted molar refractivity (Wildman–Crippen MR) is 99.5 cm³/mol. The molecule has 3 aromatic rings. The fraction of sp³-hybridized carbons (Fsp3) is 0.333. The van der Waals surface area contributed by atoms with E-state index in [4.69, 9.17) is 4.52 Å². The van der Waals surface area contributed by atoms with E-state index in [0.717, 1.165) is 5.56 Å². The van der Waals surface area contributed by atoms with E-state index in [1.54, 1.807) is 21.8 Å². The summed E-state index contributed by atoms with van der Waals surface area (Å²) < 4.78 is 32.6. The Hall–Kier alpha value is -2.03. The van der Waals surface area contributed by atoms with Crippen molar-refractivity contribution in [3.8, 4) is 11.4 Å². The number of hydrogen-bond acceptors (Lipinski definition) is 6. The molecule has 0 N–H and O–H groups in total. The van der Waals surface area contributed by atoms with Gasteiger partial charge in [0, 0.05) is 24.6 Å². The molecular weight excluding hydrogens is 370 g/mol. The summed E-state index contributed by atoms with van der Waals surface area (Å²) in [6, 6.07) is 11.4. The molecule has 0 aliphatic carbocycles. The Labute approximate surface area is 156 Å². The number of rotatable bonds is 4. The van der Waals surface area contributed by atoms with Crippen LogP contribution in [0.4, 0.5) is 0 Å². The van der Waals surface area contributed by atoms with Crippen molar-refractivity contribution in [2.24, 2.45) is 0 Å². The number of thiophene rings is 1. The first-order valence-corrected chi connectivity index (χ1v) is 10.8. The number of benzene rings is 1. The van der Waals surface area contributed by atoms with Gasteiger partial charge in [0.2, 0.25) is 11.7 Å². The largest absolute Gasteiger partial charge is 0.339 e. The maximum absolute atomic E-state index is 12.6. The van der Waals surface area contributed by atoms with Crippen molar-refractivity contribution in [1.29, 1.82) is 0 Å². The summed E-state index contributed by atoms with van der Waals surface area (Å²) in [6.07, 6.45) is 1.36. The van der Waals surface area contributed by atoms with E-state index >= 15 is 0 Å². The minimum Gasteiger partial charge on any atom is -0.339 e. The Morgan fingerprint density at radius 3 is 2.54 bits per heavy atom. The van der Waals surface area contributed by atoms with Crippen LogP contribution in [0.1, 0.15) is 30.2 Å². The summed E-state index contributed by atoms with van der Waals surface area (Å²) in [5.41, 5.74) is 2.10. The number of hydrogen-bond donors (Lipinski definition) is 0. The first kappa shape index (κ1) is 17.4. The number of sulfonamides is 1. The van der Waals surface area contributed by atoms with Crippen LogP contribution in [0.2, 0.25) is 0 Å². The molecule has 2 aromatic heterocycles. The average molecular weight is 390 g/mol. The van der Waals surface area contributed by atoms with E-state index < -0.39 is 10.0 Å². The number of aromatic nitrogens is 2. The van der Waals surface area contributed by atoms with Crippen LogP contribution in [0.3, 0.4) is 0 Å². The van der Waals surface area contributed by atoms with E-state index in [9.17, 15) is 8.42 Å². The smallest absolute Gasteiger partial charge is 0.252 e. The lowest BCUT2D eigenvalue weighted by molar-refractivity contribution is 0.271. The molecule has 1 aliphatic heterocycles. The summed E-state index contributed by atoms with van der Waals surface area (Å²) in [7, 11) is -3.38. The van der Waals surface area contributed by atoms with E-state index in [-0.39, 0.29) is 5.92 Å². The van der Waals surface area contributed by atoms with Gasteiger partial charge in [0.15, 0.2) is 0 Å². The van der Waals surface area contributed by atoms with Gasteiger partial charge in [0.1, 0.15) is 4.21 Å². The fourth-order valence-electron chi connectivity index (χ4n) is 3.10. The predicted octanol–water partition coefficient (Wildman–Crippen LogP) is 3.67. The lowest BCUT2D eigenvalue weighted by atomic mass is 9.98. The van der Waals surface area contributed by atoms with Crippen LogP contribution in [0.15, 0.2) is 50.5 Å². The van der Waals surface area contributed by atoms with Crippen molar-refractivity contribution < 1.29 is 12.9 Å². The number of nitrogens with zero attached hydrogens (tertiary/aromatic N) is 3. The topological polar surface area (TPSA) is 76.3 Å². The second kappa shape index (κ2) is 6.94. The average Bonchev–Trinajstić information content (AvgIpc) is 3.35. The molecule has 6 nitrogen and oxygen atoms in total. The third-order valence-electron chi connectivity index (χ3n) is 4.64. The zero-order valence-electron chi connectivity index (χ0n) is 14.3. The molecule has 0 amide bonds. The van der Waals surface area contributed by atoms with Gasteiger partial charge in [0.05, 0.1) is 0 Å². The van der Waals surface area contributed by atoms with Gasteiger partial charge in [0.25, 0.3) is 10.0 Å². The van der Waals surface area contributed by atoms with E-state index in [0.29, 0.717) is 41.9 Å². The Morgan fingerprint density at radius 2 is 1.88 bits per heavy atom. The summed E-state index contributed by atoms with van der Waals surface area (Å²) >= 11 is 1.25. The summed E-state index contributed by atoms with van der Waals surface area (Å²) in [5.74, 6) is 1.26. The molecular formula is C18H19N3O3S2. The summed E-state index contributed by atoms with van der Waals surface area (Å²) in [5, 5.41) is 5.87. The van der Waals surface area contributed by atoms with Crippen LogP contribution in [-0.2, 0) is 10.0 Å². The highest BCUT2D eigenvalue weighted by atomic mass is 32.2. The SMILES string of the molecule is Cc1ccc(-c2noc(C3CCN(S(=O)(=O)c4cccs4)CC3)n2)cc1. The molecule has 26 heavy (non-hydrogen) atoms. The second-order valence-corrected chi connectivity index (χ2v) is 9.55. The van der Waals surface area contributed by atoms with Crippen LogP contribution in [0.25, 0.3) is 11.4 Å². The van der Waals surface area contributed by atoms with Gasteiger partial charge >= 0.3 is 0 Å². The molecule has 1 aromatic carbocycles. The molecule has 0 bridgehead atoms. The maximum Gasteiger partial charge on any atom is 0.252 e. The Bertz CT molecular complexity index is 971. The van der Waals surface area contributed by atoms with Crippen molar-refractivity contribution >= 4 is 21.4 Å². The van der Waals surface area contributed by atoms with Crippen molar-refractivity contribution in [1.82, 2.24) is 14.4 Å². The van der Waals surface area contributed by atoms with Gasteiger partial charge in [-0.15, -0.1) is 11.3 Å². The molecule has 1 fully saturated rings. The molecule has 0 saturated carbocycles. The Kier molecular flexibility index (Phi) is 4.64. The zero-order chi connectivity index (χ0) is 18.1. The third kappa shape index (κ3) is 3.32. The van der Waals surface area contributed by atoms with Crippen LogP contribution >= 0.6 is 11.3 Å². The molecule has 3 heterocycles. The third-order valence-corrected chi connectivity index (χ3v) is 7.92. The number of piperidine rings is 1. The highest BCUT2D eigenvalue weighted by Gasteiger charge is 2.32. The normalized spacial score (nSPS) is 16.8. The molecule has 4 rings (SSSR count). The number of aryl methyl sites for hydroxylation is 1. The van der Waals surface area contributed by atoms with Crippen molar-refractivity contribution in [3.05, 3.63) is 53.2 Å². The minimum absolute atomic E-state index is 0.0940. The molecule has 1 aliphatic rings. The fourth-order valence-corrected chi connectivity index (χ4v) is 5.72. The van der Waals surface area contributed by atoms with Crippen LogP contribution < -0.4 is 0 Å². The Morgan fingerprint density at radius 1 is 1.15 bits per heavy atom. The van der Waals surface area contributed by atoms with E-state index in [1.165, 1.54) is 16.9 Å². The molecule has 0 unspecified atom stereocenters. The highest BCUT2D eigenvalue weighted by Crippen LogP contribution is 2.31. The van der Waals surface area contributed by atoms with Crippen molar-refractivity contribution in [2.45, 2.75) is 29.9 Å². The first-order chi connectivity index (χ1) is 12.5. The highest BCUT2D eigenvalue weighted by molar-refractivity contribution is 7.91. The van der Waals surface area contributed by atoms with Gasteiger partial charge in [-0.2, -0.15) is 9.29 Å². The molecule has 8 heteroatoms. The van der Waals surface area contributed by atoms with Gasteiger partial charge in [-0.3, -0.25) is 0 Å².